The van der Waals surface area contributed by atoms with Gasteiger partial charge in [-0.1, -0.05) is 26.0 Å². The van der Waals surface area contributed by atoms with E-state index in [4.69, 9.17) is 4.74 Å². The summed E-state index contributed by atoms with van der Waals surface area (Å²) in [5.74, 6) is 1.52. The molecular formula is C14H16OS. The van der Waals surface area contributed by atoms with Gasteiger partial charge in [0.15, 0.2) is 0 Å². The molecule has 1 aromatic carbocycles. The van der Waals surface area contributed by atoms with Crippen LogP contribution < -0.4 is 4.74 Å². The van der Waals surface area contributed by atoms with E-state index in [0.717, 1.165) is 5.75 Å². The van der Waals surface area contributed by atoms with E-state index in [1.165, 1.54) is 11.1 Å². The fourth-order valence-electron chi connectivity index (χ4n) is 1.49. The van der Waals surface area contributed by atoms with E-state index >= 15 is 0 Å². The van der Waals surface area contributed by atoms with Crippen molar-refractivity contribution < 1.29 is 4.74 Å². The van der Waals surface area contributed by atoms with Gasteiger partial charge < -0.3 is 4.74 Å². The van der Waals surface area contributed by atoms with Crippen molar-refractivity contribution in [2.75, 3.05) is 0 Å². The first kappa shape index (κ1) is 11.2. The summed E-state index contributed by atoms with van der Waals surface area (Å²) in [5, 5.41) is 4.18. The summed E-state index contributed by atoms with van der Waals surface area (Å²) >= 11 is 1.70. The van der Waals surface area contributed by atoms with Crippen LogP contribution in [0.4, 0.5) is 0 Å². The van der Waals surface area contributed by atoms with Crippen molar-refractivity contribution in [3.05, 3.63) is 52.2 Å². The Morgan fingerprint density at radius 3 is 2.44 bits per heavy atom. The average Bonchev–Trinajstić information content (AvgIpc) is 2.80. The highest BCUT2D eigenvalue weighted by Crippen LogP contribution is 2.19. The van der Waals surface area contributed by atoms with Gasteiger partial charge in [-0.25, -0.2) is 0 Å². The molecule has 2 rings (SSSR count). The summed E-state index contributed by atoms with van der Waals surface area (Å²) in [4.78, 5) is 0. The van der Waals surface area contributed by atoms with E-state index in [1.807, 2.05) is 12.1 Å². The molecule has 0 saturated heterocycles. The molecule has 0 spiro atoms. The second-order valence-electron chi connectivity index (χ2n) is 4.14. The third-order valence-corrected chi connectivity index (χ3v) is 3.26. The van der Waals surface area contributed by atoms with Crippen LogP contribution >= 0.6 is 11.3 Å². The van der Waals surface area contributed by atoms with E-state index in [-0.39, 0.29) is 0 Å². The van der Waals surface area contributed by atoms with Crippen LogP contribution in [0.15, 0.2) is 41.1 Å². The Morgan fingerprint density at radius 1 is 1.12 bits per heavy atom. The molecule has 0 aliphatic rings. The van der Waals surface area contributed by atoms with Crippen LogP contribution in [0.1, 0.15) is 30.9 Å². The van der Waals surface area contributed by atoms with Crippen molar-refractivity contribution in [2.24, 2.45) is 0 Å². The van der Waals surface area contributed by atoms with Crippen molar-refractivity contribution in [1.82, 2.24) is 0 Å². The van der Waals surface area contributed by atoms with Gasteiger partial charge in [0.05, 0.1) is 0 Å². The molecule has 0 aliphatic heterocycles. The molecule has 84 valence electrons. The molecule has 2 aromatic rings. The number of ether oxygens (including phenoxy) is 1. The maximum Gasteiger partial charge on any atom is 0.119 e. The molecule has 0 bridgehead atoms. The Morgan fingerprint density at radius 2 is 1.88 bits per heavy atom. The standard InChI is InChI=1S/C14H16OS/c1-11(2)13-3-5-14(6-4-13)15-9-12-7-8-16-10-12/h3-8,10-11H,9H2,1-2H3. The largest absolute Gasteiger partial charge is 0.489 e. The Balaban J connectivity index is 1.95. The van der Waals surface area contributed by atoms with Gasteiger partial charge in [0.1, 0.15) is 12.4 Å². The molecule has 0 atom stereocenters. The van der Waals surface area contributed by atoms with Gasteiger partial charge in [0, 0.05) is 0 Å². The van der Waals surface area contributed by atoms with Crippen molar-refractivity contribution >= 4 is 11.3 Å². The van der Waals surface area contributed by atoms with E-state index in [0.29, 0.717) is 12.5 Å². The van der Waals surface area contributed by atoms with E-state index in [1.54, 1.807) is 11.3 Å². The molecule has 1 nitrogen and oxygen atoms in total. The molecule has 0 N–H and O–H groups in total. The molecule has 0 aliphatic carbocycles. The Hall–Kier alpha value is -1.28. The minimum atomic E-state index is 0.575. The average molecular weight is 232 g/mol. The lowest BCUT2D eigenvalue weighted by atomic mass is 10.0. The van der Waals surface area contributed by atoms with Crippen LogP contribution in [-0.2, 0) is 6.61 Å². The third-order valence-electron chi connectivity index (χ3n) is 2.53. The number of hydrogen-bond acceptors (Lipinski definition) is 2. The molecule has 0 unspecified atom stereocenters. The Kier molecular flexibility index (Phi) is 3.62. The van der Waals surface area contributed by atoms with Gasteiger partial charge in [-0.2, -0.15) is 11.3 Å². The molecule has 0 saturated carbocycles. The Bertz CT molecular complexity index is 415. The van der Waals surface area contributed by atoms with Crippen LogP contribution in [0.25, 0.3) is 0 Å². The van der Waals surface area contributed by atoms with Crippen molar-refractivity contribution in [3.8, 4) is 5.75 Å². The van der Waals surface area contributed by atoms with Gasteiger partial charge in [-0.15, -0.1) is 0 Å². The van der Waals surface area contributed by atoms with Gasteiger partial charge in [-0.3, -0.25) is 0 Å². The monoisotopic (exact) mass is 232 g/mol. The maximum absolute atomic E-state index is 5.69. The number of hydrogen-bond donors (Lipinski definition) is 0. The summed E-state index contributed by atoms with van der Waals surface area (Å²) in [5.41, 5.74) is 2.58. The lowest BCUT2D eigenvalue weighted by molar-refractivity contribution is 0.306. The number of rotatable bonds is 4. The molecule has 0 radical (unpaired) electrons. The molecule has 2 heteroatoms. The van der Waals surface area contributed by atoms with Crippen LogP contribution in [0.3, 0.4) is 0 Å². The fourth-order valence-corrected chi connectivity index (χ4v) is 2.14. The number of thiophene rings is 1. The minimum absolute atomic E-state index is 0.575. The van der Waals surface area contributed by atoms with Crippen molar-refractivity contribution in [1.29, 1.82) is 0 Å². The minimum Gasteiger partial charge on any atom is -0.489 e. The second-order valence-corrected chi connectivity index (χ2v) is 4.92. The first-order valence-electron chi connectivity index (χ1n) is 5.49. The second kappa shape index (κ2) is 5.17. The highest BCUT2D eigenvalue weighted by atomic mass is 32.1. The first-order valence-corrected chi connectivity index (χ1v) is 6.44. The van der Waals surface area contributed by atoms with Gasteiger partial charge >= 0.3 is 0 Å². The summed E-state index contributed by atoms with van der Waals surface area (Å²) in [7, 11) is 0. The lowest BCUT2D eigenvalue weighted by Gasteiger charge is -2.08. The van der Waals surface area contributed by atoms with Crippen molar-refractivity contribution in [2.45, 2.75) is 26.4 Å². The summed E-state index contributed by atoms with van der Waals surface area (Å²) in [6.07, 6.45) is 0. The fraction of sp³-hybridized carbons (Fsp3) is 0.286. The van der Waals surface area contributed by atoms with Crippen molar-refractivity contribution in [3.63, 3.8) is 0 Å². The quantitative estimate of drug-likeness (QED) is 0.756. The zero-order valence-electron chi connectivity index (χ0n) is 9.64. The molecule has 16 heavy (non-hydrogen) atoms. The highest BCUT2D eigenvalue weighted by molar-refractivity contribution is 7.07. The molecule has 0 amide bonds. The highest BCUT2D eigenvalue weighted by Gasteiger charge is 2.00. The van der Waals surface area contributed by atoms with Gasteiger partial charge in [0.25, 0.3) is 0 Å². The van der Waals surface area contributed by atoms with E-state index < -0.39 is 0 Å². The smallest absolute Gasteiger partial charge is 0.119 e. The van der Waals surface area contributed by atoms with Crippen LogP contribution in [-0.4, -0.2) is 0 Å². The molecule has 0 fully saturated rings. The zero-order valence-corrected chi connectivity index (χ0v) is 10.5. The molecule has 1 aromatic heterocycles. The summed E-state index contributed by atoms with van der Waals surface area (Å²) < 4.78 is 5.69. The van der Waals surface area contributed by atoms with Crippen LogP contribution in [0.5, 0.6) is 5.75 Å². The van der Waals surface area contributed by atoms with Gasteiger partial charge in [-0.05, 0) is 46.0 Å². The number of benzene rings is 1. The molecular weight excluding hydrogens is 216 g/mol. The molecule has 1 heterocycles. The third kappa shape index (κ3) is 2.86. The topological polar surface area (TPSA) is 9.23 Å². The summed E-state index contributed by atoms with van der Waals surface area (Å²) in [6, 6.07) is 10.4. The lowest BCUT2D eigenvalue weighted by Crippen LogP contribution is -1.94. The normalized spacial score (nSPS) is 10.7. The van der Waals surface area contributed by atoms with E-state index in [9.17, 15) is 0 Å². The van der Waals surface area contributed by atoms with E-state index in [2.05, 4.69) is 42.8 Å². The Labute approximate surface area is 101 Å². The van der Waals surface area contributed by atoms with Crippen LogP contribution in [0.2, 0.25) is 0 Å². The SMILES string of the molecule is CC(C)c1ccc(OCc2ccsc2)cc1. The zero-order chi connectivity index (χ0) is 11.4. The van der Waals surface area contributed by atoms with Crippen LogP contribution in [0, 0.1) is 0 Å². The predicted octanol–water partition coefficient (Wildman–Crippen LogP) is 4.45. The van der Waals surface area contributed by atoms with Gasteiger partial charge in [0.2, 0.25) is 0 Å². The summed E-state index contributed by atoms with van der Waals surface area (Å²) in [6.45, 7) is 5.05. The maximum atomic E-state index is 5.69. The predicted molar refractivity (Wildman–Crippen MR) is 69.2 cm³/mol. The first-order chi connectivity index (χ1) is 7.75.